The Labute approximate surface area is 97.0 Å². The van der Waals surface area contributed by atoms with Crippen LogP contribution in [0.15, 0.2) is 35.2 Å². The minimum atomic E-state index is -3.24. The Kier molecular flexibility index (Phi) is 7.20. The minimum Gasteiger partial charge on any atom is -0.207 e. The summed E-state index contributed by atoms with van der Waals surface area (Å²) in [5.74, 6) is 0. The lowest BCUT2D eigenvalue weighted by atomic mass is 10.4. The van der Waals surface area contributed by atoms with E-state index in [1.54, 1.807) is 30.3 Å². The lowest BCUT2D eigenvalue weighted by Gasteiger charge is -2.10. The van der Waals surface area contributed by atoms with Crippen LogP contribution >= 0.6 is 24.8 Å². The van der Waals surface area contributed by atoms with Gasteiger partial charge in [-0.25, -0.2) is 12.7 Å². The highest BCUT2D eigenvalue weighted by atomic mass is 35.5. The highest BCUT2D eigenvalue weighted by Gasteiger charge is 2.15. The first-order valence-electron chi connectivity index (χ1n) is 3.53. The molecule has 0 fully saturated rings. The molecule has 14 heavy (non-hydrogen) atoms. The number of nitrogens with zero attached hydrogens (tertiary/aromatic N) is 1. The van der Waals surface area contributed by atoms with Gasteiger partial charge in [0.1, 0.15) is 0 Å². The molecule has 0 unspecified atom stereocenters. The predicted molar refractivity (Wildman–Crippen MR) is 61.8 cm³/mol. The van der Waals surface area contributed by atoms with Gasteiger partial charge in [0.2, 0.25) is 10.0 Å². The summed E-state index contributed by atoms with van der Waals surface area (Å²) in [6.07, 6.45) is 0. The van der Waals surface area contributed by atoms with Crippen LogP contribution in [0.25, 0.3) is 0 Å². The third kappa shape index (κ3) is 3.46. The maximum Gasteiger partial charge on any atom is 0.242 e. The first-order chi connectivity index (χ1) is 5.55. The SMILES string of the molecule is CN(C)S(=O)(=O)c1ccccc1.Cl.Cl. The average molecular weight is 258 g/mol. The molecular weight excluding hydrogens is 245 g/mol. The quantitative estimate of drug-likeness (QED) is 0.810. The Morgan fingerprint density at radius 1 is 1.00 bits per heavy atom. The molecule has 0 aromatic heterocycles. The van der Waals surface area contributed by atoms with Crippen molar-refractivity contribution in [3.05, 3.63) is 30.3 Å². The summed E-state index contributed by atoms with van der Waals surface area (Å²) >= 11 is 0. The third-order valence-electron chi connectivity index (χ3n) is 1.52. The average Bonchev–Trinajstić information content (AvgIpc) is 2.06. The van der Waals surface area contributed by atoms with Crippen LogP contribution in [-0.4, -0.2) is 26.8 Å². The second-order valence-electron chi connectivity index (χ2n) is 2.60. The Bertz CT molecular complexity index is 351. The van der Waals surface area contributed by atoms with Crippen molar-refractivity contribution in [2.24, 2.45) is 0 Å². The zero-order valence-electron chi connectivity index (χ0n) is 7.88. The van der Waals surface area contributed by atoms with E-state index in [2.05, 4.69) is 0 Å². The van der Waals surface area contributed by atoms with E-state index in [0.717, 1.165) is 0 Å². The standard InChI is InChI=1S/C8H11NO2S.2ClH/c1-9(2)12(10,11)8-6-4-3-5-7-8;;/h3-7H,1-2H3;2*1H. The summed E-state index contributed by atoms with van der Waals surface area (Å²) in [4.78, 5) is 0.329. The van der Waals surface area contributed by atoms with Crippen molar-refractivity contribution in [2.75, 3.05) is 14.1 Å². The molecule has 0 aliphatic carbocycles. The van der Waals surface area contributed by atoms with Crippen molar-refractivity contribution in [1.82, 2.24) is 4.31 Å². The second-order valence-corrected chi connectivity index (χ2v) is 4.75. The molecule has 0 aliphatic heterocycles. The van der Waals surface area contributed by atoms with Gasteiger partial charge in [-0.15, -0.1) is 24.8 Å². The van der Waals surface area contributed by atoms with E-state index in [4.69, 9.17) is 0 Å². The summed E-state index contributed by atoms with van der Waals surface area (Å²) in [5, 5.41) is 0. The lowest BCUT2D eigenvalue weighted by Crippen LogP contribution is -2.21. The van der Waals surface area contributed by atoms with Crippen molar-refractivity contribution >= 4 is 34.8 Å². The van der Waals surface area contributed by atoms with Crippen LogP contribution in [0.3, 0.4) is 0 Å². The zero-order chi connectivity index (χ0) is 9.19. The van der Waals surface area contributed by atoms with Crippen LogP contribution in [0.5, 0.6) is 0 Å². The van der Waals surface area contributed by atoms with Gasteiger partial charge in [0.15, 0.2) is 0 Å². The fourth-order valence-corrected chi connectivity index (χ4v) is 1.73. The monoisotopic (exact) mass is 257 g/mol. The Balaban J connectivity index is 0. The maximum atomic E-state index is 11.5. The molecule has 6 heteroatoms. The van der Waals surface area contributed by atoms with Gasteiger partial charge in [0, 0.05) is 14.1 Å². The van der Waals surface area contributed by atoms with Crippen molar-refractivity contribution in [1.29, 1.82) is 0 Å². The molecule has 0 atom stereocenters. The molecule has 0 aliphatic rings. The highest BCUT2D eigenvalue weighted by Crippen LogP contribution is 2.10. The molecule has 0 radical (unpaired) electrons. The molecular formula is C8H13Cl2NO2S. The van der Waals surface area contributed by atoms with E-state index < -0.39 is 10.0 Å². The normalized spacial score (nSPS) is 10.2. The number of hydrogen-bond donors (Lipinski definition) is 0. The second kappa shape index (κ2) is 6.24. The molecule has 3 nitrogen and oxygen atoms in total. The first kappa shape index (κ1) is 16.2. The fraction of sp³-hybridized carbons (Fsp3) is 0.250. The summed E-state index contributed by atoms with van der Waals surface area (Å²) in [6.45, 7) is 0. The van der Waals surface area contributed by atoms with Gasteiger partial charge in [-0.2, -0.15) is 0 Å². The van der Waals surface area contributed by atoms with Crippen LogP contribution in [0.1, 0.15) is 0 Å². The van der Waals surface area contributed by atoms with Crippen LogP contribution < -0.4 is 0 Å². The number of halogens is 2. The van der Waals surface area contributed by atoms with Crippen LogP contribution in [-0.2, 0) is 10.0 Å². The van der Waals surface area contributed by atoms with Crippen molar-refractivity contribution in [2.45, 2.75) is 4.90 Å². The van der Waals surface area contributed by atoms with Crippen molar-refractivity contribution in [3.63, 3.8) is 0 Å². The van der Waals surface area contributed by atoms with Gasteiger partial charge in [0.05, 0.1) is 4.90 Å². The van der Waals surface area contributed by atoms with Crippen LogP contribution in [0, 0.1) is 0 Å². The predicted octanol–water partition coefficient (Wildman–Crippen LogP) is 1.78. The van der Waals surface area contributed by atoms with Gasteiger partial charge < -0.3 is 0 Å². The number of benzene rings is 1. The molecule has 0 bridgehead atoms. The molecule has 0 N–H and O–H groups in total. The fourth-order valence-electron chi connectivity index (χ4n) is 0.803. The van der Waals surface area contributed by atoms with Gasteiger partial charge in [-0.3, -0.25) is 0 Å². The molecule has 0 spiro atoms. The van der Waals surface area contributed by atoms with Crippen molar-refractivity contribution < 1.29 is 8.42 Å². The van der Waals surface area contributed by atoms with E-state index in [1.807, 2.05) is 0 Å². The van der Waals surface area contributed by atoms with Gasteiger partial charge in [0.25, 0.3) is 0 Å². The molecule has 0 saturated carbocycles. The summed E-state index contributed by atoms with van der Waals surface area (Å²) in [6, 6.07) is 8.35. The Morgan fingerprint density at radius 3 is 1.79 bits per heavy atom. The van der Waals surface area contributed by atoms with E-state index >= 15 is 0 Å². The van der Waals surface area contributed by atoms with Crippen LogP contribution in [0.2, 0.25) is 0 Å². The third-order valence-corrected chi connectivity index (χ3v) is 3.35. The van der Waals surface area contributed by atoms with E-state index in [-0.39, 0.29) is 24.8 Å². The first-order valence-corrected chi connectivity index (χ1v) is 4.97. The molecule has 1 aromatic carbocycles. The maximum absolute atomic E-state index is 11.5. The summed E-state index contributed by atoms with van der Waals surface area (Å²) in [7, 11) is -0.211. The lowest BCUT2D eigenvalue weighted by molar-refractivity contribution is 0.521. The van der Waals surface area contributed by atoms with Gasteiger partial charge >= 0.3 is 0 Å². The molecule has 0 amide bonds. The van der Waals surface area contributed by atoms with Gasteiger partial charge in [-0.1, -0.05) is 18.2 Å². The molecule has 0 heterocycles. The van der Waals surface area contributed by atoms with E-state index in [1.165, 1.54) is 18.4 Å². The zero-order valence-corrected chi connectivity index (χ0v) is 10.3. The van der Waals surface area contributed by atoms with Crippen molar-refractivity contribution in [3.8, 4) is 0 Å². The molecule has 1 rings (SSSR count). The van der Waals surface area contributed by atoms with E-state index in [0.29, 0.717) is 4.90 Å². The highest BCUT2D eigenvalue weighted by molar-refractivity contribution is 7.89. The topological polar surface area (TPSA) is 37.4 Å². The smallest absolute Gasteiger partial charge is 0.207 e. The number of rotatable bonds is 2. The number of hydrogen-bond acceptors (Lipinski definition) is 2. The Morgan fingerprint density at radius 2 is 1.43 bits per heavy atom. The number of sulfonamides is 1. The summed E-state index contributed by atoms with van der Waals surface area (Å²) < 4.78 is 24.1. The minimum absolute atomic E-state index is 0. The molecule has 0 saturated heterocycles. The molecule has 82 valence electrons. The van der Waals surface area contributed by atoms with Gasteiger partial charge in [-0.05, 0) is 12.1 Å². The Hall–Kier alpha value is -0.290. The largest absolute Gasteiger partial charge is 0.242 e. The van der Waals surface area contributed by atoms with E-state index in [9.17, 15) is 8.42 Å². The van der Waals surface area contributed by atoms with Crippen LogP contribution in [0.4, 0.5) is 0 Å². The summed E-state index contributed by atoms with van der Waals surface area (Å²) in [5.41, 5.74) is 0. The molecule has 1 aromatic rings.